The van der Waals surface area contributed by atoms with Crippen molar-refractivity contribution in [2.45, 2.75) is 18.8 Å². The minimum absolute atomic E-state index is 0.648. The van der Waals surface area contributed by atoms with E-state index < -0.39 is 0 Å². The first-order valence-electron chi connectivity index (χ1n) is 4.81. The van der Waals surface area contributed by atoms with E-state index in [0.29, 0.717) is 6.54 Å². The van der Waals surface area contributed by atoms with Crippen LogP contribution in [0.2, 0.25) is 0 Å². The van der Waals surface area contributed by atoms with Gasteiger partial charge in [0.25, 0.3) is 0 Å². The van der Waals surface area contributed by atoms with E-state index in [2.05, 4.69) is 22.4 Å². The SMILES string of the molecule is NCCNc1cccc(C2CC2)n1. The highest BCUT2D eigenvalue weighted by molar-refractivity contribution is 5.36. The van der Waals surface area contributed by atoms with Gasteiger partial charge in [-0.05, 0) is 25.0 Å². The van der Waals surface area contributed by atoms with Crippen molar-refractivity contribution in [3.63, 3.8) is 0 Å². The van der Waals surface area contributed by atoms with Crippen LogP contribution in [0.4, 0.5) is 5.82 Å². The Bertz CT molecular complexity index is 281. The largest absolute Gasteiger partial charge is 0.369 e. The van der Waals surface area contributed by atoms with Crippen molar-refractivity contribution < 1.29 is 0 Å². The van der Waals surface area contributed by atoms with Crippen LogP contribution in [0, 0.1) is 0 Å². The zero-order valence-corrected chi connectivity index (χ0v) is 7.66. The fourth-order valence-corrected chi connectivity index (χ4v) is 1.36. The average Bonchev–Trinajstić information content (AvgIpc) is 2.98. The first-order valence-corrected chi connectivity index (χ1v) is 4.81. The molecule has 3 heteroatoms. The van der Waals surface area contributed by atoms with Gasteiger partial charge in [0.15, 0.2) is 0 Å². The van der Waals surface area contributed by atoms with Gasteiger partial charge in [0.1, 0.15) is 5.82 Å². The van der Waals surface area contributed by atoms with Gasteiger partial charge in [0, 0.05) is 24.7 Å². The lowest BCUT2D eigenvalue weighted by atomic mass is 10.2. The van der Waals surface area contributed by atoms with E-state index in [0.717, 1.165) is 18.3 Å². The van der Waals surface area contributed by atoms with Crippen LogP contribution in [0.15, 0.2) is 18.2 Å². The summed E-state index contributed by atoms with van der Waals surface area (Å²) in [4.78, 5) is 4.51. The van der Waals surface area contributed by atoms with Gasteiger partial charge in [-0.2, -0.15) is 0 Å². The quantitative estimate of drug-likeness (QED) is 0.729. The zero-order valence-electron chi connectivity index (χ0n) is 7.66. The standard InChI is InChI=1S/C10H15N3/c11-6-7-12-10-3-1-2-9(13-10)8-4-5-8/h1-3,8H,4-7,11H2,(H,12,13). The lowest BCUT2D eigenvalue weighted by Crippen LogP contribution is -2.14. The molecule has 3 nitrogen and oxygen atoms in total. The molecule has 0 atom stereocenters. The third kappa shape index (κ3) is 2.18. The Morgan fingerprint density at radius 3 is 3.00 bits per heavy atom. The number of aromatic nitrogens is 1. The molecule has 1 heterocycles. The highest BCUT2D eigenvalue weighted by Crippen LogP contribution is 2.39. The smallest absolute Gasteiger partial charge is 0.126 e. The fourth-order valence-electron chi connectivity index (χ4n) is 1.36. The number of nitrogens with two attached hydrogens (primary N) is 1. The highest BCUT2D eigenvalue weighted by atomic mass is 15.0. The first kappa shape index (κ1) is 8.51. The van der Waals surface area contributed by atoms with Crippen molar-refractivity contribution in [3.05, 3.63) is 23.9 Å². The lowest BCUT2D eigenvalue weighted by molar-refractivity contribution is 0.981. The second-order valence-corrected chi connectivity index (χ2v) is 3.44. The van der Waals surface area contributed by atoms with E-state index in [9.17, 15) is 0 Å². The molecule has 0 aliphatic heterocycles. The van der Waals surface area contributed by atoms with Crippen molar-refractivity contribution in [1.82, 2.24) is 4.98 Å². The molecule has 0 unspecified atom stereocenters. The normalized spacial score (nSPS) is 15.8. The molecule has 2 rings (SSSR count). The third-order valence-corrected chi connectivity index (χ3v) is 2.22. The van der Waals surface area contributed by atoms with Crippen LogP contribution in [0.5, 0.6) is 0 Å². The summed E-state index contributed by atoms with van der Waals surface area (Å²) in [5, 5.41) is 3.18. The van der Waals surface area contributed by atoms with Crippen molar-refractivity contribution in [1.29, 1.82) is 0 Å². The molecular formula is C10H15N3. The van der Waals surface area contributed by atoms with Gasteiger partial charge in [0.2, 0.25) is 0 Å². The summed E-state index contributed by atoms with van der Waals surface area (Å²) in [7, 11) is 0. The van der Waals surface area contributed by atoms with Crippen LogP contribution < -0.4 is 11.1 Å². The molecule has 1 fully saturated rings. The fraction of sp³-hybridized carbons (Fsp3) is 0.500. The Labute approximate surface area is 78.4 Å². The Kier molecular flexibility index (Phi) is 2.45. The number of anilines is 1. The maximum absolute atomic E-state index is 5.40. The van der Waals surface area contributed by atoms with Crippen LogP contribution >= 0.6 is 0 Å². The number of hydrogen-bond donors (Lipinski definition) is 2. The van der Waals surface area contributed by atoms with E-state index in [1.54, 1.807) is 0 Å². The van der Waals surface area contributed by atoms with Crippen LogP contribution in [-0.2, 0) is 0 Å². The van der Waals surface area contributed by atoms with Crippen molar-refractivity contribution in [2.75, 3.05) is 18.4 Å². The predicted molar refractivity (Wildman–Crippen MR) is 53.8 cm³/mol. The molecule has 0 radical (unpaired) electrons. The molecule has 0 saturated heterocycles. The van der Waals surface area contributed by atoms with Crippen molar-refractivity contribution >= 4 is 5.82 Å². The van der Waals surface area contributed by atoms with Crippen molar-refractivity contribution in [3.8, 4) is 0 Å². The molecule has 1 aromatic rings. The first-order chi connectivity index (χ1) is 6.40. The minimum atomic E-state index is 0.648. The maximum atomic E-state index is 5.40. The maximum Gasteiger partial charge on any atom is 0.126 e. The Morgan fingerprint density at radius 2 is 2.31 bits per heavy atom. The number of nitrogens with one attached hydrogen (secondary N) is 1. The van der Waals surface area contributed by atoms with Gasteiger partial charge in [-0.15, -0.1) is 0 Å². The average molecular weight is 177 g/mol. The van der Waals surface area contributed by atoms with Crippen LogP contribution in [-0.4, -0.2) is 18.1 Å². The molecule has 0 aromatic carbocycles. The molecule has 1 aromatic heterocycles. The van der Waals surface area contributed by atoms with Gasteiger partial charge in [-0.3, -0.25) is 0 Å². The lowest BCUT2D eigenvalue weighted by Gasteiger charge is -2.04. The van der Waals surface area contributed by atoms with Gasteiger partial charge < -0.3 is 11.1 Å². The molecule has 0 amide bonds. The topological polar surface area (TPSA) is 50.9 Å². The molecule has 0 bridgehead atoms. The molecule has 3 N–H and O–H groups in total. The van der Waals surface area contributed by atoms with E-state index in [4.69, 9.17) is 5.73 Å². The number of rotatable bonds is 4. The predicted octanol–water partition coefficient (Wildman–Crippen LogP) is 1.33. The second kappa shape index (κ2) is 3.75. The van der Waals surface area contributed by atoms with Crippen LogP contribution in [0.3, 0.4) is 0 Å². The molecular weight excluding hydrogens is 162 g/mol. The molecule has 70 valence electrons. The van der Waals surface area contributed by atoms with Gasteiger partial charge in [0.05, 0.1) is 0 Å². The minimum Gasteiger partial charge on any atom is -0.369 e. The third-order valence-electron chi connectivity index (χ3n) is 2.22. The van der Waals surface area contributed by atoms with E-state index in [1.165, 1.54) is 18.5 Å². The summed E-state index contributed by atoms with van der Waals surface area (Å²) in [5.74, 6) is 1.68. The van der Waals surface area contributed by atoms with E-state index in [1.807, 2.05) is 6.07 Å². The Morgan fingerprint density at radius 1 is 1.46 bits per heavy atom. The summed E-state index contributed by atoms with van der Waals surface area (Å²) in [6.45, 7) is 1.44. The van der Waals surface area contributed by atoms with Gasteiger partial charge in [-0.25, -0.2) is 4.98 Å². The summed E-state index contributed by atoms with van der Waals surface area (Å²) >= 11 is 0. The molecule has 1 aliphatic rings. The monoisotopic (exact) mass is 177 g/mol. The molecule has 1 aliphatic carbocycles. The Hall–Kier alpha value is -1.09. The molecule has 0 spiro atoms. The van der Waals surface area contributed by atoms with Gasteiger partial charge in [-0.1, -0.05) is 6.07 Å². The number of pyridine rings is 1. The summed E-state index contributed by atoms with van der Waals surface area (Å²) in [6.07, 6.45) is 2.60. The molecule has 1 saturated carbocycles. The van der Waals surface area contributed by atoms with Crippen molar-refractivity contribution in [2.24, 2.45) is 5.73 Å². The van der Waals surface area contributed by atoms with E-state index >= 15 is 0 Å². The number of nitrogens with zero attached hydrogens (tertiary/aromatic N) is 1. The second-order valence-electron chi connectivity index (χ2n) is 3.44. The number of hydrogen-bond acceptors (Lipinski definition) is 3. The molecule has 13 heavy (non-hydrogen) atoms. The van der Waals surface area contributed by atoms with Crippen LogP contribution in [0.25, 0.3) is 0 Å². The van der Waals surface area contributed by atoms with E-state index in [-0.39, 0.29) is 0 Å². The van der Waals surface area contributed by atoms with Crippen LogP contribution in [0.1, 0.15) is 24.5 Å². The highest BCUT2D eigenvalue weighted by Gasteiger charge is 2.24. The zero-order chi connectivity index (χ0) is 9.10. The summed E-state index contributed by atoms with van der Waals surface area (Å²) < 4.78 is 0. The Balaban J connectivity index is 2.03. The summed E-state index contributed by atoms with van der Waals surface area (Å²) in [5.41, 5.74) is 6.62. The van der Waals surface area contributed by atoms with Gasteiger partial charge >= 0.3 is 0 Å². The summed E-state index contributed by atoms with van der Waals surface area (Å²) in [6, 6.07) is 6.15.